The lowest BCUT2D eigenvalue weighted by Crippen LogP contribution is -2.61. The van der Waals surface area contributed by atoms with Crippen LogP contribution in [0.2, 0.25) is 0 Å². The summed E-state index contributed by atoms with van der Waals surface area (Å²) in [4.78, 5) is 11.3. The van der Waals surface area contributed by atoms with Crippen LogP contribution in [0.3, 0.4) is 0 Å². The first-order chi connectivity index (χ1) is 7.79. The van der Waals surface area contributed by atoms with Crippen LogP contribution in [0.1, 0.15) is 0 Å². The zero-order chi connectivity index (χ0) is 11.4. The Bertz CT molecular complexity index is 221. The van der Waals surface area contributed by atoms with E-state index in [2.05, 4.69) is 0 Å². The summed E-state index contributed by atoms with van der Waals surface area (Å²) in [5.41, 5.74) is 0. The van der Waals surface area contributed by atoms with E-state index < -0.39 is 6.09 Å². The second-order valence-electron chi connectivity index (χ2n) is 3.70. The molecule has 92 valence electrons. The third-order valence-electron chi connectivity index (χ3n) is 2.68. The number of morpholine rings is 2. The molecule has 2 saturated heterocycles. The van der Waals surface area contributed by atoms with Crippen molar-refractivity contribution in [2.75, 3.05) is 52.6 Å². The number of nitrogens with zero attached hydrogens (tertiary/aromatic N) is 3. The molecule has 0 bridgehead atoms. The van der Waals surface area contributed by atoms with Gasteiger partial charge in [0.05, 0.1) is 26.4 Å². The van der Waals surface area contributed by atoms with Crippen LogP contribution in [0.4, 0.5) is 4.79 Å². The van der Waals surface area contributed by atoms with Crippen LogP contribution in [0.25, 0.3) is 0 Å². The van der Waals surface area contributed by atoms with E-state index in [4.69, 9.17) is 9.47 Å². The molecule has 0 atom stereocenters. The van der Waals surface area contributed by atoms with Gasteiger partial charge in [0.1, 0.15) is 0 Å². The van der Waals surface area contributed by atoms with Crippen LogP contribution in [0.5, 0.6) is 0 Å². The SMILES string of the molecule is O=C(O)N(N1CCOCC1)N1CCOCC1. The lowest BCUT2D eigenvalue weighted by molar-refractivity contribution is -0.199. The van der Waals surface area contributed by atoms with Gasteiger partial charge in [-0.1, -0.05) is 0 Å². The lowest BCUT2D eigenvalue weighted by Gasteiger charge is -2.42. The van der Waals surface area contributed by atoms with E-state index in [0.717, 1.165) is 0 Å². The summed E-state index contributed by atoms with van der Waals surface area (Å²) in [6.07, 6.45) is -0.941. The van der Waals surface area contributed by atoms with Crippen molar-refractivity contribution in [1.29, 1.82) is 0 Å². The van der Waals surface area contributed by atoms with Crippen LogP contribution < -0.4 is 0 Å². The van der Waals surface area contributed by atoms with E-state index in [-0.39, 0.29) is 0 Å². The number of hydrogen-bond donors (Lipinski definition) is 1. The van der Waals surface area contributed by atoms with Gasteiger partial charge in [0.2, 0.25) is 0 Å². The third kappa shape index (κ3) is 2.62. The first-order valence-corrected chi connectivity index (χ1v) is 5.47. The summed E-state index contributed by atoms with van der Waals surface area (Å²) in [6.45, 7) is 4.77. The van der Waals surface area contributed by atoms with Crippen molar-refractivity contribution in [3.8, 4) is 0 Å². The number of ether oxygens (including phenoxy) is 2. The van der Waals surface area contributed by atoms with Crippen LogP contribution >= 0.6 is 0 Å². The molecule has 0 aliphatic carbocycles. The zero-order valence-electron chi connectivity index (χ0n) is 9.17. The molecule has 0 aromatic carbocycles. The molecule has 2 rings (SSSR count). The van der Waals surface area contributed by atoms with Crippen molar-refractivity contribution in [3.63, 3.8) is 0 Å². The monoisotopic (exact) mass is 231 g/mol. The molecule has 16 heavy (non-hydrogen) atoms. The first-order valence-electron chi connectivity index (χ1n) is 5.47. The third-order valence-corrected chi connectivity index (χ3v) is 2.68. The fourth-order valence-corrected chi connectivity index (χ4v) is 1.91. The molecular formula is C9H17N3O4. The van der Waals surface area contributed by atoms with Gasteiger partial charge in [-0.25, -0.2) is 4.79 Å². The van der Waals surface area contributed by atoms with E-state index in [9.17, 15) is 9.90 Å². The average Bonchev–Trinajstić information content (AvgIpc) is 2.31. The van der Waals surface area contributed by atoms with Gasteiger partial charge in [0, 0.05) is 26.2 Å². The number of hydrogen-bond acceptors (Lipinski definition) is 5. The van der Waals surface area contributed by atoms with Crippen molar-refractivity contribution in [3.05, 3.63) is 0 Å². The Labute approximate surface area is 94.0 Å². The second-order valence-corrected chi connectivity index (χ2v) is 3.70. The molecule has 0 spiro atoms. The number of rotatable bonds is 2. The Kier molecular flexibility index (Phi) is 3.94. The maximum atomic E-state index is 11.3. The van der Waals surface area contributed by atoms with E-state index >= 15 is 0 Å². The van der Waals surface area contributed by atoms with Crippen molar-refractivity contribution >= 4 is 6.09 Å². The molecule has 2 heterocycles. The molecule has 2 aliphatic heterocycles. The Morgan fingerprint density at radius 3 is 1.62 bits per heavy atom. The second kappa shape index (κ2) is 5.44. The maximum absolute atomic E-state index is 11.3. The highest BCUT2D eigenvalue weighted by atomic mass is 16.5. The Balaban J connectivity index is 1.99. The smallest absolute Gasteiger partial charge is 0.437 e. The maximum Gasteiger partial charge on any atom is 0.437 e. The predicted molar refractivity (Wildman–Crippen MR) is 54.6 cm³/mol. The largest absolute Gasteiger partial charge is 0.463 e. The minimum atomic E-state index is -0.941. The first kappa shape index (κ1) is 11.6. The molecule has 1 amide bonds. The van der Waals surface area contributed by atoms with Crippen LogP contribution in [0.15, 0.2) is 0 Å². The molecule has 1 N–H and O–H groups in total. The molecule has 0 unspecified atom stereocenters. The minimum Gasteiger partial charge on any atom is -0.463 e. The summed E-state index contributed by atoms with van der Waals surface area (Å²) in [5.74, 6) is 0. The van der Waals surface area contributed by atoms with Gasteiger partial charge in [-0.3, -0.25) is 0 Å². The van der Waals surface area contributed by atoms with Gasteiger partial charge in [-0.2, -0.15) is 15.1 Å². The molecular weight excluding hydrogens is 214 g/mol. The van der Waals surface area contributed by atoms with Gasteiger partial charge < -0.3 is 14.6 Å². The molecule has 0 aromatic heterocycles. The summed E-state index contributed by atoms with van der Waals surface area (Å²) < 4.78 is 10.4. The van der Waals surface area contributed by atoms with Crippen molar-refractivity contribution < 1.29 is 19.4 Å². The Morgan fingerprint density at radius 1 is 0.938 bits per heavy atom. The molecule has 7 nitrogen and oxygen atoms in total. The van der Waals surface area contributed by atoms with E-state index in [0.29, 0.717) is 52.6 Å². The molecule has 0 aromatic rings. The van der Waals surface area contributed by atoms with Crippen molar-refractivity contribution in [2.24, 2.45) is 0 Å². The quantitative estimate of drug-likeness (QED) is 0.688. The number of carbonyl (C=O) groups is 1. The molecule has 2 fully saturated rings. The lowest BCUT2D eigenvalue weighted by atomic mass is 10.5. The number of hydrazine groups is 2. The zero-order valence-corrected chi connectivity index (χ0v) is 9.17. The predicted octanol–water partition coefficient (Wildman–Crippen LogP) is -0.539. The molecule has 0 radical (unpaired) electrons. The standard InChI is InChI=1S/C9H17N3O4/c13-9(14)12(10-1-5-15-6-2-10)11-3-7-16-8-4-11/h1-8H2,(H,13,14). The highest BCUT2D eigenvalue weighted by molar-refractivity contribution is 5.63. The Morgan fingerprint density at radius 2 is 1.31 bits per heavy atom. The summed E-state index contributed by atoms with van der Waals surface area (Å²) in [7, 11) is 0. The number of amides is 1. The van der Waals surface area contributed by atoms with Crippen LogP contribution in [-0.4, -0.2) is 78.9 Å². The fraction of sp³-hybridized carbons (Fsp3) is 0.889. The number of carboxylic acid groups (broad SMARTS) is 1. The summed E-state index contributed by atoms with van der Waals surface area (Å²) in [5, 5.41) is 14.2. The normalized spacial score (nSPS) is 24.2. The van der Waals surface area contributed by atoms with Gasteiger partial charge in [0.15, 0.2) is 0 Å². The highest BCUT2D eigenvalue weighted by Crippen LogP contribution is 2.10. The van der Waals surface area contributed by atoms with Gasteiger partial charge in [0.25, 0.3) is 0 Å². The van der Waals surface area contributed by atoms with E-state index in [1.54, 1.807) is 10.0 Å². The highest BCUT2D eigenvalue weighted by Gasteiger charge is 2.29. The fourth-order valence-electron chi connectivity index (χ4n) is 1.91. The topological polar surface area (TPSA) is 65.5 Å². The van der Waals surface area contributed by atoms with Gasteiger partial charge in [-0.05, 0) is 0 Å². The summed E-state index contributed by atoms with van der Waals surface area (Å²) >= 11 is 0. The molecule has 7 heteroatoms. The average molecular weight is 231 g/mol. The molecule has 2 aliphatic rings. The van der Waals surface area contributed by atoms with E-state index in [1.807, 2.05) is 0 Å². The Hall–Kier alpha value is -0.890. The van der Waals surface area contributed by atoms with Crippen LogP contribution in [-0.2, 0) is 9.47 Å². The molecule has 0 saturated carbocycles. The van der Waals surface area contributed by atoms with Crippen molar-refractivity contribution in [2.45, 2.75) is 0 Å². The summed E-state index contributed by atoms with van der Waals surface area (Å²) in [6, 6.07) is 0. The van der Waals surface area contributed by atoms with Gasteiger partial charge >= 0.3 is 6.09 Å². The van der Waals surface area contributed by atoms with Crippen molar-refractivity contribution in [1.82, 2.24) is 15.1 Å². The van der Waals surface area contributed by atoms with E-state index in [1.165, 1.54) is 5.12 Å². The minimum absolute atomic E-state index is 0.577. The van der Waals surface area contributed by atoms with Crippen LogP contribution in [0, 0.1) is 0 Å². The van der Waals surface area contributed by atoms with Gasteiger partial charge in [-0.15, -0.1) is 0 Å².